The molecule has 3 heteroatoms. The smallest absolute Gasteiger partial charge is 0.303 e. The molecule has 0 aliphatic heterocycles. The van der Waals surface area contributed by atoms with Crippen molar-refractivity contribution >= 4 is 11.8 Å². The van der Waals surface area contributed by atoms with Gasteiger partial charge in [-0.05, 0) is 30.2 Å². The van der Waals surface area contributed by atoms with Gasteiger partial charge in [0, 0.05) is 12.0 Å². The van der Waals surface area contributed by atoms with Gasteiger partial charge in [-0.1, -0.05) is 63.3 Å². The molecule has 0 aromatic heterocycles. The Bertz CT molecular complexity index is 510. The monoisotopic (exact) mass is 316 g/mol. The van der Waals surface area contributed by atoms with Gasteiger partial charge in [-0.15, -0.1) is 0 Å². The molecule has 0 atom stereocenters. The van der Waals surface area contributed by atoms with Crippen molar-refractivity contribution < 1.29 is 14.7 Å². The number of benzene rings is 1. The molecule has 1 aliphatic carbocycles. The van der Waals surface area contributed by atoms with Gasteiger partial charge in [0.05, 0.1) is 6.42 Å². The molecule has 0 saturated heterocycles. The van der Waals surface area contributed by atoms with E-state index in [1.807, 2.05) is 24.3 Å². The summed E-state index contributed by atoms with van der Waals surface area (Å²) in [5.41, 5.74) is 1.90. The Labute approximate surface area is 139 Å². The minimum absolute atomic E-state index is 0.0787. The maximum absolute atomic E-state index is 11.9. The molecule has 1 aromatic carbocycles. The summed E-state index contributed by atoms with van der Waals surface area (Å²) in [5, 5.41) is 8.63. The maximum Gasteiger partial charge on any atom is 0.303 e. The van der Waals surface area contributed by atoms with E-state index in [0.717, 1.165) is 18.3 Å². The second kappa shape index (κ2) is 8.85. The molecule has 1 saturated carbocycles. The predicted octanol–water partition coefficient (Wildman–Crippen LogP) is 4.88. The molecular weight excluding hydrogens is 288 g/mol. The average molecular weight is 316 g/mol. The number of rotatable bonds is 8. The number of carbonyl (C=O) groups excluding carboxylic acids is 1. The fraction of sp³-hybridized carbons (Fsp3) is 0.600. The van der Waals surface area contributed by atoms with E-state index in [1.165, 1.54) is 44.1 Å². The van der Waals surface area contributed by atoms with Crippen LogP contribution in [0.4, 0.5) is 0 Å². The summed E-state index contributed by atoms with van der Waals surface area (Å²) in [7, 11) is 0. The highest BCUT2D eigenvalue weighted by Gasteiger charge is 2.19. The molecule has 0 bridgehead atoms. The highest BCUT2D eigenvalue weighted by Crippen LogP contribution is 2.33. The van der Waals surface area contributed by atoms with Crippen LogP contribution >= 0.6 is 0 Å². The molecule has 0 spiro atoms. The molecular formula is C20H28O3. The van der Waals surface area contributed by atoms with Gasteiger partial charge >= 0.3 is 5.97 Å². The Morgan fingerprint density at radius 2 is 1.61 bits per heavy atom. The van der Waals surface area contributed by atoms with Crippen LogP contribution in [0, 0.1) is 11.8 Å². The van der Waals surface area contributed by atoms with E-state index in [4.69, 9.17) is 5.11 Å². The Kier molecular flexibility index (Phi) is 6.82. The molecule has 1 aliphatic rings. The van der Waals surface area contributed by atoms with Gasteiger partial charge in [0.15, 0.2) is 5.78 Å². The van der Waals surface area contributed by atoms with Crippen LogP contribution in [0.5, 0.6) is 0 Å². The fourth-order valence-corrected chi connectivity index (χ4v) is 3.52. The Morgan fingerprint density at radius 3 is 2.17 bits per heavy atom. The number of carboxylic acids is 1. The Morgan fingerprint density at radius 1 is 1.00 bits per heavy atom. The first-order chi connectivity index (χ1) is 11.1. The van der Waals surface area contributed by atoms with Gasteiger partial charge in [0.1, 0.15) is 0 Å². The average Bonchev–Trinajstić information content (AvgIpc) is 2.58. The second-order valence-electron chi connectivity index (χ2n) is 6.85. The molecule has 0 heterocycles. The topological polar surface area (TPSA) is 54.4 Å². The molecule has 0 amide bonds. The summed E-state index contributed by atoms with van der Waals surface area (Å²) < 4.78 is 0. The molecule has 126 valence electrons. The second-order valence-corrected chi connectivity index (χ2v) is 6.85. The quantitative estimate of drug-likeness (QED) is 0.695. The van der Waals surface area contributed by atoms with Gasteiger partial charge in [0.2, 0.25) is 0 Å². The van der Waals surface area contributed by atoms with Crippen LogP contribution in [-0.4, -0.2) is 16.9 Å². The Balaban J connectivity index is 1.76. The number of hydrogen-bond acceptors (Lipinski definition) is 2. The summed E-state index contributed by atoms with van der Waals surface area (Å²) in [5.74, 6) is 0.793. The van der Waals surface area contributed by atoms with Crippen molar-refractivity contribution in [3.63, 3.8) is 0 Å². The van der Waals surface area contributed by atoms with Crippen molar-refractivity contribution in [3.8, 4) is 0 Å². The summed E-state index contributed by atoms with van der Waals surface area (Å²) in [6, 6.07) is 7.72. The van der Waals surface area contributed by atoms with Crippen LogP contribution in [0.2, 0.25) is 0 Å². The number of carbonyl (C=O) groups is 2. The van der Waals surface area contributed by atoms with Crippen LogP contribution in [-0.2, 0) is 11.2 Å². The lowest BCUT2D eigenvalue weighted by Gasteiger charge is -2.27. The van der Waals surface area contributed by atoms with E-state index < -0.39 is 5.97 Å². The zero-order valence-electron chi connectivity index (χ0n) is 14.1. The van der Waals surface area contributed by atoms with E-state index in [2.05, 4.69) is 6.92 Å². The fourth-order valence-electron chi connectivity index (χ4n) is 3.52. The third kappa shape index (κ3) is 5.81. The predicted molar refractivity (Wildman–Crippen MR) is 91.7 cm³/mol. The van der Waals surface area contributed by atoms with Crippen molar-refractivity contribution in [1.82, 2.24) is 0 Å². The van der Waals surface area contributed by atoms with Crippen LogP contribution in [0.1, 0.15) is 74.2 Å². The lowest BCUT2D eigenvalue weighted by molar-refractivity contribution is -0.136. The first kappa shape index (κ1) is 17.7. The van der Waals surface area contributed by atoms with Crippen molar-refractivity contribution in [2.75, 3.05) is 0 Å². The normalized spacial score (nSPS) is 21.1. The molecule has 1 fully saturated rings. The zero-order chi connectivity index (χ0) is 16.7. The Hall–Kier alpha value is -1.64. The van der Waals surface area contributed by atoms with Crippen LogP contribution < -0.4 is 0 Å². The minimum atomic E-state index is -0.923. The number of ketones is 1. The van der Waals surface area contributed by atoms with Crippen LogP contribution in [0.15, 0.2) is 24.3 Å². The third-order valence-electron chi connectivity index (χ3n) is 5.23. The van der Waals surface area contributed by atoms with E-state index >= 15 is 0 Å². The number of aryl methyl sites for hydroxylation is 1. The number of carboxylic acid groups (broad SMARTS) is 1. The van der Waals surface area contributed by atoms with Crippen molar-refractivity contribution in [1.29, 1.82) is 0 Å². The minimum Gasteiger partial charge on any atom is -0.481 e. The lowest BCUT2D eigenvalue weighted by Crippen LogP contribution is -2.14. The molecule has 23 heavy (non-hydrogen) atoms. The summed E-state index contributed by atoms with van der Waals surface area (Å²) in [6.07, 6.45) is 9.12. The molecule has 0 unspecified atom stereocenters. The third-order valence-corrected chi connectivity index (χ3v) is 5.23. The van der Waals surface area contributed by atoms with Crippen LogP contribution in [0.3, 0.4) is 0 Å². The molecule has 1 N–H and O–H groups in total. The van der Waals surface area contributed by atoms with Gasteiger partial charge in [-0.25, -0.2) is 0 Å². The first-order valence-electron chi connectivity index (χ1n) is 8.92. The largest absolute Gasteiger partial charge is 0.481 e. The van der Waals surface area contributed by atoms with E-state index in [1.54, 1.807) is 0 Å². The van der Waals surface area contributed by atoms with Gasteiger partial charge in [-0.3, -0.25) is 9.59 Å². The maximum atomic E-state index is 11.9. The summed E-state index contributed by atoms with van der Waals surface area (Å²) >= 11 is 0. The standard InChI is InChI=1S/C20H28O3/c1-2-15-3-5-16(6-4-15)7-8-17-9-11-18(12-10-17)19(21)13-14-20(22)23/h9-12,15-16H,2-8,13-14H2,1H3,(H,22,23). The van der Waals surface area contributed by atoms with Crippen molar-refractivity contribution in [2.45, 2.75) is 64.7 Å². The highest BCUT2D eigenvalue weighted by molar-refractivity contribution is 5.97. The molecule has 2 rings (SSSR count). The number of hydrogen-bond donors (Lipinski definition) is 1. The zero-order valence-corrected chi connectivity index (χ0v) is 14.1. The number of Topliss-reactive ketones (excluding diaryl/α,β-unsaturated/α-hetero) is 1. The number of aliphatic carboxylic acids is 1. The molecule has 3 nitrogen and oxygen atoms in total. The van der Waals surface area contributed by atoms with E-state index in [-0.39, 0.29) is 18.6 Å². The van der Waals surface area contributed by atoms with Crippen LogP contribution in [0.25, 0.3) is 0 Å². The first-order valence-corrected chi connectivity index (χ1v) is 8.92. The van der Waals surface area contributed by atoms with Crippen molar-refractivity contribution in [3.05, 3.63) is 35.4 Å². The SMILES string of the molecule is CCC1CCC(CCc2ccc(C(=O)CCC(=O)O)cc2)CC1. The molecule has 0 radical (unpaired) electrons. The summed E-state index contributed by atoms with van der Waals surface area (Å²) in [4.78, 5) is 22.4. The summed E-state index contributed by atoms with van der Waals surface area (Å²) in [6.45, 7) is 2.30. The van der Waals surface area contributed by atoms with E-state index in [9.17, 15) is 9.59 Å². The highest BCUT2D eigenvalue weighted by atomic mass is 16.4. The van der Waals surface area contributed by atoms with Gasteiger partial charge in [-0.2, -0.15) is 0 Å². The van der Waals surface area contributed by atoms with Crippen molar-refractivity contribution in [2.24, 2.45) is 11.8 Å². The molecule has 1 aromatic rings. The van der Waals surface area contributed by atoms with Gasteiger partial charge in [0.25, 0.3) is 0 Å². The van der Waals surface area contributed by atoms with E-state index in [0.29, 0.717) is 5.56 Å². The lowest BCUT2D eigenvalue weighted by atomic mass is 9.78. The van der Waals surface area contributed by atoms with Gasteiger partial charge < -0.3 is 5.11 Å².